The van der Waals surface area contributed by atoms with E-state index in [1.165, 1.54) is 47.1 Å². The lowest BCUT2D eigenvalue weighted by Gasteiger charge is -2.35. The fraction of sp³-hybridized carbons (Fsp3) is 0.519. The lowest BCUT2D eigenvalue weighted by Crippen LogP contribution is -3.28. The monoisotopic (exact) mass is 470 g/mol. The van der Waals surface area contributed by atoms with Gasteiger partial charge in [0.05, 0.1) is 20.3 Å². The van der Waals surface area contributed by atoms with E-state index >= 15 is 0 Å². The number of esters is 1. The maximum Gasteiger partial charge on any atom is 0.305 e. The van der Waals surface area contributed by atoms with Crippen LogP contribution in [0, 0.1) is 0 Å². The fourth-order valence-corrected chi connectivity index (χ4v) is 6.15. The lowest BCUT2D eigenvalue weighted by atomic mass is 9.96. The van der Waals surface area contributed by atoms with Gasteiger partial charge in [-0.15, -0.1) is 0 Å². The number of unbranched alkanes of at least 4 members (excludes halogenated alkanes) is 1. The van der Waals surface area contributed by atoms with Crippen molar-refractivity contribution in [2.75, 3.05) is 46.4 Å². The molecule has 2 aliphatic rings. The predicted octanol–water partition coefficient (Wildman–Crippen LogP) is 2.35. The summed E-state index contributed by atoms with van der Waals surface area (Å²) in [5.41, 5.74) is 2.88. The highest BCUT2D eigenvalue weighted by Crippen LogP contribution is 2.41. The number of benzene rings is 2. The van der Waals surface area contributed by atoms with Crippen LogP contribution >= 0.6 is 11.8 Å². The lowest BCUT2D eigenvalue weighted by molar-refractivity contribution is -1.03. The summed E-state index contributed by atoms with van der Waals surface area (Å²) in [6.45, 7) is 8.42. The number of ether oxygens (including phenoxy) is 2. The smallest absolute Gasteiger partial charge is 0.305 e. The molecule has 0 bridgehead atoms. The standard InChI is InChI=1S/C27H36N2O3S/c1-3-4-10-27(30)32-18-7-13-28-14-16-29(17-15-28)24-19-21-8-5-6-9-25(21)33-26-12-11-22(31-2)20-23(24)26/h5-6,8-9,11-12,20,24H,3-4,7,10,13-19H2,1-2H3/p+2/t24-/m0/s1. The minimum atomic E-state index is -0.0401. The van der Waals surface area contributed by atoms with Crippen molar-refractivity contribution in [2.24, 2.45) is 0 Å². The molecule has 1 atom stereocenters. The van der Waals surface area contributed by atoms with Crippen molar-refractivity contribution in [3.05, 3.63) is 53.6 Å². The first-order valence-electron chi connectivity index (χ1n) is 12.5. The molecule has 33 heavy (non-hydrogen) atoms. The highest BCUT2D eigenvalue weighted by molar-refractivity contribution is 7.99. The van der Waals surface area contributed by atoms with Gasteiger partial charge in [0, 0.05) is 34.6 Å². The second-order valence-corrected chi connectivity index (χ2v) is 10.3. The molecule has 5 nitrogen and oxygen atoms in total. The summed E-state index contributed by atoms with van der Waals surface area (Å²) in [4.78, 5) is 17.7. The molecule has 6 heteroatoms. The Labute approximate surface area is 202 Å². The molecule has 2 aromatic rings. The number of carbonyl (C=O) groups excluding carboxylic acids is 1. The number of quaternary nitrogens is 2. The van der Waals surface area contributed by atoms with E-state index in [1.54, 1.807) is 16.9 Å². The minimum absolute atomic E-state index is 0.0401. The molecular weight excluding hydrogens is 432 g/mol. The number of piperazine rings is 1. The maximum atomic E-state index is 11.7. The average molecular weight is 471 g/mol. The molecule has 2 N–H and O–H groups in total. The Morgan fingerprint density at radius 2 is 1.88 bits per heavy atom. The first-order chi connectivity index (χ1) is 16.2. The number of rotatable bonds is 9. The molecule has 0 aliphatic carbocycles. The van der Waals surface area contributed by atoms with Gasteiger partial charge in [-0.3, -0.25) is 4.79 Å². The van der Waals surface area contributed by atoms with Crippen LogP contribution in [0.5, 0.6) is 5.75 Å². The zero-order valence-corrected chi connectivity index (χ0v) is 20.8. The van der Waals surface area contributed by atoms with Gasteiger partial charge in [-0.2, -0.15) is 0 Å². The number of nitrogens with one attached hydrogen (secondary N) is 2. The number of methoxy groups -OCH3 is 1. The Bertz CT molecular complexity index is 927. The molecule has 0 radical (unpaired) electrons. The number of hydrogen-bond donors (Lipinski definition) is 2. The van der Waals surface area contributed by atoms with Crippen LogP contribution in [0.3, 0.4) is 0 Å². The Morgan fingerprint density at radius 3 is 2.67 bits per heavy atom. The van der Waals surface area contributed by atoms with E-state index in [1.807, 2.05) is 11.8 Å². The zero-order chi connectivity index (χ0) is 23.0. The van der Waals surface area contributed by atoms with Crippen LogP contribution < -0.4 is 14.5 Å². The van der Waals surface area contributed by atoms with Gasteiger partial charge in [0.25, 0.3) is 0 Å². The van der Waals surface area contributed by atoms with Crippen LogP contribution in [0.1, 0.15) is 49.8 Å². The SMILES string of the molecule is CCCCC(=O)OCCC[NH+]1CC[NH+]([C@H]2Cc3ccccc3Sc3ccc(OC)cc32)CC1. The molecule has 178 valence electrons. The molecule has 2 aliphatic heterocycles. The normalized spacial score (nSPS) is 22.1. The van der Waals surface area contributed by atoms with Crippen molar-refractivity contribution in [3.8, 4) is 5.75 Å². The first-order valence-corrected chi connectivity index (χ1v) is 13.3. The van der Waals surface area contributed by atoms with Gasteiger partial charge < -0.3 is 19.3 Å². The Morgan fingerprint density at radius 1 is 1.06 bits per heavy atom. The van der Waals surface area contributed by atoms with Gasteiger partial charge in [-0.05, 0) is 36.2 Å². The summed E-state index contributed by atoms with van der Waals surface area (Å²) in [5.74, 6) is 0.907. The van der Waals surface area contributed by atoms with E-state index in [9.17, 15) is 4.79 Å². The third-order valence-electron chi connectivity index (χ3n) is 6.97. The van der Waals surface area contributed by atoms with E-state index in [2.05, 4.69) is 49.4 Å². The number of carbonyl (C=O) groups is 1. The molecule has 0 aromatic heterocycles. The fourth-order valence-electron chi connectivity index (χ4n) is 5.03. The summed E-state index contributed by atoms with van der Waals surface area (Å²) in [6.07, 6.45) is 4.54. The van der Waals surface area contributed by atoms with Crippen molar-refractivity contribution < 1.29 is 24.1 Å². The maximum absolute atomic E-state index is 11.7. The third-order valence-corrected chi connectivity index (χ3v) is 8.18. The van der Waals surface area contributed by atoms with Gasteiger partial charge in [0.1, 0.15) is 38.0 Å². The van der Waals surface area contributed by atoms with E-state index in [-0.39, 0.29) is 5.97 Å². The quantitative estimate of drug-likeness (QED) is 0.436. The molecule has 1 saturated heterocycles. The first kappa shape index (κ1) is 24.1. The van der Waals surface area contributed by atoms with Crippen LogP contribution in [0.25, 0.3) is 0 Å². The zero-order valence-electron chi connectivity index (χ0n) is 20.0. The molecule has 0 unspecified atom stereocenters. The van der Waals surface area contributed by atoms with Crippen molar-refractivity contribution in [3.63, 3.8) is 0 Å². The Kier molecular flexibility index (Phi) is 8.70. The van der Waals surface area contributed by atoms with Crippen molar-refractivity contribution in [1.82, 2.24) is 0 Å². The second-order valence-electron chi connectivity index (χ2n) is 9.21. The predicted molar refractivity (Wildman–Crippen MR) is 131 cm³/mol. The van der Waals surface area contributed by atoms with Gasteiger partial charge in [0.15, 0.2) is 0 Å². The summed E-state index contributed by atoms with van der Waals surface area (Å²) < 4.78 is 11.0. The van der Waals surface area contributed by atoms with Crippen molar-refractivity contribution >= 4 is 17.7 Å². The van der Waals surface area contributed by atoms with E-state index in [0.717, 1.165) is 38.0 Å². The summed E-state index contributed by atoms with van der Waals surface area (Å²) >= 11 is 1.90. The molecule has 0 saturated carbocycles. The van der Waals surface area contributed by atoms with Crippen LogP contribution in [-0.4, -0.2) is 52.4 Å². The molecule has 0 spiro atoms. The van der Waals surface area contributed by atoms with Crippen LogP contribution in [-0.2, 0) is 16.0 Å². The van der Waals surface area contributed by atoms with E-state index in [0.29, 0.717) is 19.1 Å². The van der Waals surface area contributed by atoms with Crippen LogP contribution in [0.2, 0.25) is 0 Å². The molecule has 2 aromatic carbocycles. The van der Waals surface area contributed by atoms with Crippen molar-refractivity contribution in [2.45, 2.75) is 54.9 Å². The average Bonchev–Trinajstić information content (AvgIpc) is 3.02. The van der Waals surface area contributed by atoms with Gasteiger partial charge in [0.2, 0.25) is 0 Å². The van der Waals surface area contributed by atoms with E-state index in [4.69, 9.17) is 9.47 Å². The number of fused-ring (bicyclic) bond motifs is 2. The molecule has 0 amide bonds. The third kappa shape index (κ3) is 6.31. The van der Waals surface area contributed by atoms with Crippen molar-refractivity contribution in [1.29, 1.82) is 0 Å². The summed E-state index contributed by atoms with van der Waals surface area (Å²) in [7, 11) is 1.76. The highest BCUT2D eigenvalue weighted by atomic mass is 32.2. The van der Waals surface area contributed by atoms with Gasteiger partial charge in [-0.25, -0.2) is 0 Å². The molecule has 4 rings (SSSR count). The van der Waals surface area contributed by atoms with Crippen LogP contribution in [0.4, 0.5) is 0 Å². The largest absolute Gasteiger partial charge is 0.497 e. The van der Waals surface area contributed by atoms with Crippen LogP contribution in [0.15, 0.2) is 52.3 Å². The summed E-state index contributed by atoms with van der Waals surface area (Å²) in [5, 5.41) is 0. The minimum Gasteiger partial charge on any atom is -0.497 e. The Balaban J connectivity index is 1.36. The highest BCUT2D eigenvalue weighted by Gasteiger charge is 2.34. The topological polar surface area (TPSA) is 44.4 Å². The summed E-state index contributed by atoms with van der Waals surface area (Å²) in [6, 6.07) is 15.9. The number of hydrogen-bond acceptors (Lipinski definition) is 4. The van der Waals surface area contributed by atoms with E-state index < -0.39 is 0 Å². The van der Waals surface area contributed by atoms with Gasteiger partial charge in [-0.1, -0.05) is 43.3 Å². The second kappa shape index (κ2) is 11.9. The Hall–Kier alpha value is -2.02. The molecular formula is C27H38N2O3S+2. The molecule has 1 fully saturated rings. The van der Waals surface area contributed by atoms with Gasteiger partial charge >= 0.3 is 5.97 Å². The molecule has 2 heterocycles.